The van der Waals surface area contributed by atoms with Gasteiger partial charge in [-0.2, -0.15) is 10.2 Å². The number of hydrogen-bond donors (Lipinski definition) is 2. The Labute approximate surface area is 147 Å². The zero-order valence-electron chi connectivity index (χ0n) is 13.9. The number of hydrogen-bond acceptors (Lipinski definition) is 4. The van der Waals surface area contributed by atoms with Crippen molar-refractivity contribution in [3.05, 3.63) is 64.3 Å². The number of carbonyl (C=O) groups is 1. The molecule has 0 spiro atoms. The molecule has 0 radical (unpaired) electrons. The van der Waals surface area contributed by atoms with E-state index in [2.05, 4.69) is 20.3 Å². The van der Waals surface area contributed by atoms with Gasteiger partial charge in [0.05, 0.1) is 6.04 Å². The van der Waals surface area contributed by atoms with Crippen LogP contribution in [0.2, 0.25) is 0 Å². The Morgan fingerprint density at radius 2 is 2.08 bits per heavy atom. The number of nitrogens with zero attached hydrogens (tertiary/aromatic N) is 4. The van der Waals surface area contributed by atoms with E-state index in [0.717, 1.165) is 12.8 Å². The number of likely N-dealkylation sites (tertiary alicyclic amines) is 1. The number of amides is 1. The van der Waals surface area contributed by atoms with Crippen molar-refractivity contribution in [1.82, 2.24) is 29.9 Å². The topological polar surface area (TPSA) is 99.7 Å². The van der Waals surface area contributed by atoms with Gasteiger partial charge in [0.25, 0.3) is 5.91 Å². The maximum absolute atomic E-state index is 13.9. The first kappa shape index (κ1) is 16.2. The highest BCUT2D eigenvalue weighted by Crippen LogP contribution is 2.29. The summed E-state index contributed by atoms with van der Waals surface area (Å²) < 4.78 is 15.3. The van der Waals surface area contributed by atoms with Crippen molar-refractivity contribution >= 4 is 5.91 Å². The third kappa shape index (κ3) is 2.92. The van der Waals surface area contributed by atoms with Crippen molar-refractivity contribution < 1.29 is 9.18 Å². The Hall–Kier alpha value is -3.23. The first-order valence-electron chi connectivity index (χ1n) is 8.39. The van der Waals surface area contributed by atoms with E-state index in [-0.39, 0.29) is 23.3 Å². The van der Waals surface area contributed by atoms with Gasteiger partial charge in [0.2, 0.25) is 0 Å². The highest BCUT2D eigenvalue weighted by molar-refractivity contribution is 5.92. The van der Waals surface area contributed by atoms with Crippen molar-refractivity contribution in [2.75, 3.05) is 6.54 Å². The average molecular weight is 356 g/mol. The molecule has 134 valence electrons. The Morgan fingerprint density at radius 3 is 2.85 bits per heavy atom. The lowest BCUT2D eigenvalue weighted by molar-refractivity contribution is 0.0593. The number of piperidine rings is 1. The number of rotatable bonds is 3. The maximum Gasteiger partial charge on any atom is 0.340 e. The van der Waals surface area contributed by atoms with Crippen LogP contribution in [0, 0.1) is 5.82 Å². The molecule has 1 amide bonds. The van der Waals surface area contributed by atoms with Gasteiger partial charge in [-0.15, -0.1) is 0 Å². The van der Waals surface area contributed by atoms with Gasteiger partial charge in [0.1, 0.15) is 11.5 Å². The van der Waals surface area contributed by atoms with Crippen LogP contribution in [0.4, 0.5) is 4.39 Å². The minimum Gasteiger partial charge on any atom is -0.327 e. The summed E-state index contributed by atoms with van der Waals surface area (Å²) in [5, 5.41) is 10.5. The molecule has 1 atom stereocenters. The van der Waals surface area contributed by atoms with Gasteiger partial charge < -0.3 is 4.90 Å². The van der Waals surface area contributed by atoms with Crippen LogP contribution in [0.3, 0.4) is 0 Å². The molecule has 1 saturated heterocycles. The summed E-state index contributed by atoms with van der Waals surface area (Å²) in [4.78, 5) is 28.6. The molecule has 3 aromatic rings. The summed E-state index contributed by atoms with van der Waals surface area (Å²) >= 11 is 0. The molecular formula is C17H17FN6O2. The third-order valence-corrected chi connectivity index (χ3v) is 4.51. The van der Waals surface area contributed by atoms with Gasteiger partial charge in [0, 0.05) is 12.7 Å². The number of aromatic amines is 2. The molecule has 0 bridgehead atoms. The zero-order valence-corrected chi connectivity index (χ0v) is 13.9. The smallest absolute Gasteiger partial charge is 0.327 e. The lowest BCUT2D eigenvalue weighted by Crippen LogP contribution is -2.39. The molecule has 2 aromatic heterocycles. The predicted molar refractivity (Wildman–Crippen MR) is 90.4 cm³/mol. The minimum atomic E-state index is -0.417. The summed E-state index contributed by atoms with van der Waals surface area (Å²) in [7, 11) is 0. The molecule has 3 heterocycles. The predicted octanol–water partition coefficient (Wildman–Crippen LogP) is 1.79. The monoisotopic (exact) mass is 356 g/mol. The van der Waals surface area contributed by atoms with Gasteiger partial charge in [-0.05, 0) is 37.5 Å². The summed E-state index contributed by atoms with van der Waals surface area (Å²) in [5.41, 5.74) is 0.0956. The van der Waals surface area contributed by atoms with Crippen molar-refractivity contribution in [2.45, 2.75) is 25.3 Å². The van der Waals surface area contributed by atoms with E-state index in [0.29, 0.717) is 18.8 Å². The molecule has 9 heteroatoms. The number of carbonyl (C=O) groups excluding carboxylic acids is 1. The minimum absolute atomic E-state index is 0.220. The van der Waals surface area contributed by atoms with Gasteiger partial charge in [-0.25, -0.2) is 19.0 Å². The van der Waals surface area contributed by atoms with Crippen LogP contribution < -0.4 is 5.69 Å². The molecule has 26 heavy (non-hydrogen) atoms. The highest BCUT2D eigenvalue weighted by atomic mass is 19.1. The molecule has 8 nitrogen and oxygen atoms in total. The first-order valence-corrected chi connectivity index (χ1v) is 8.39. The second kappa shape index (κ2) is 6.58. The van der Waals surface area contributed by atoms with E-state index in [9.17, 15) is 14.0 Å². The largest absolute Gasteiger partial charge is 0.340 e. The van der Waals surface area contributed by atoms with E-state index >= 15 is 0 Å². The molecular weight excluding hydrogens is 339 g/mol. The third-order valence-electron chi connectivity index (χ3n) is 4.51. The molecule has 1 unspecified atom stereocenters. The van der Waals surface area contributed by atoms with E-state index in [1.807, 2.05) is 0 Å². The number of aromatic nitrogens is 5. The number of H-pyrrole nitrogens is 2. The van der Waals surface area contributed by atoms with E-state index in [1.165, 1.54) is 10.7 Å². The van der Waals surface area contributed by atoms with Crippen molar-refractivity contribution in [3.63, 3.8) is 0 Å². The summed E-state index contributed by atoms with van der Waals surface area (Å²) in [6.07, 6.45) is 4.07. The van der Waals surface area contributed by atoms with Crippen molar-refractivity contribution in [1.29, 1.82) is 0 Å². The Balaban J connectivity index is 1.62. The molecule has 1 aliphatic heterocycles. The van der Waals surface area contributed by atoms with Crippen LogP contribution in [-0.2, 0) is 0 Å². The van der Waals surface area contributed by atoms with Crippen LogP contribution in [0.25, 0.3) is 5.69 Å². The quantitative estimate of drug-likeness (QED) is 0.747. The molecule has 2 N–H and O–H groups in total. The average Bonchev–Trinajstić information content (AvgIpc) is 3.31. The number of benzene rings is 1. The van der Waals surface area contributed by atoms with Crippen molar-refractivity contribution in [2.24, 2.45) is 0 Å². The fourth-order valence-corrected chi connectivity index (χ4v) is 3.26. The van der Waals surface area contributed by atoms with Crippen LogP contribution in [0.15, 0.2) is 41.3 Å². The number of para-hydroxylation sites is 1. The van der Waals surface area contributed by atoms with E-state index in [4.69, 9.17) is 0 Å². The Kier molecular flexibility index (Phi) is 4.11. The number of nitrogens with one attached hydrogen (secondary N) is 2. The lowest BCUT2D eigenvalue weighted by atomic mass is 10.0. The molecule has 0 saturated carbocycles. The zero-order chi connectivity index (χ0) is 18.1. The lowest BCUT2D eigenvalue weighted by Gasteiger charge is -2.33. The molecule has 1 fully saturated rings. The van der Waals surface area contributed by atoms with E-state index < -0.39 is 11.5 Å². The molecule has 0 aliphatic carbocycles. The van der Waals surface area contributed by atoms with Crippen molar-refractivity contribution in [3.8, 4) is 5.69 Å². The Bertz CT molecular complexity index is 991. The fraction of sp³-hybridized carbons (Fsp3) is 0.294. The maximum atomic E-state index is 13.9. The molecule has 4 rings (SSSR count). The highest BCUT2D eigenvalue weighted by Gasteiger charge is 2.32. The molecule has 1 aliphatic rings. The van der Waals surface area contributed by atoms with Gasteiger partial charge in [-0.1, -0.05) is 12.1 Å². The summed E-state index contributed by atoms with van der Waals surface area (Å²) in [6, 6.07) is 7.48. The Morgan fingerprint density at radius 1 is 1.23 bits per heavy atom. The summed E-state index contributed by atoms with van der Waals surface area (Å²) in [6.45, 7) is 0.547. The van der Waals surface area contributed by atoms with Gasteiger partial charge in [0.15, 0.2) is 11.5 Å². The second-order valence-electron chi connectivity index (χ2n) is 6.17. The normalized spacial score (nSPS) is 17.4. The first-order chi connectivity index (χ1) is 12.6. The second-order valence-corrected chi connectivity index (χ2v) is 6.17. The van der Waals surface area contributed by atoms with Crippen LogP contribution in [0.5, 0.6) is 0 Å². The van der Waals surface area contributed by atoms with Gasteiger partial charge >= 0.3 is 5.69 Å². The number of halogens is 1. The fourth-order valence-electron chi connectivity index (χ4n) is 3.26. The molecule has 1 aromatic carbocycles. The summed E-state index contributed by atoms with van der Waals surface area (Å²) in [5.74, 6) is -0.246. The van der Waals surface area contributed by atoms with Crippen LogP contribution >= 0.6 is 0 Å². The standard InChI is InChI=1S/C17H17FN6O2/c18-11-5-1-2-6-13(11)24-10-8-12(22-24)16(25)23-9-4-3-7-14(23)15-19-17(26)21-20-15/h1-2,5-6,8,10,14H,3-4,7,9H2,(H2,19,20,21,26). The van der Waals surface area contributed by atoms with Gasteiger partial charge in [-0.3, -0.25) is 9.78 Å². The van der Waals surface area contributed by atoms with E-state index in [1.54, 1.807) is 35.4 Å². The van der Waals surface area contributed by atoms with Crippen LogP contribution in [-0.4, -0.2) is 42.3 Å². The van der Waals surface area contributed by atoms with Crippen LogP contribution in [0.1, 0.15) is 41.6 Å². The SMILES string of the molecule is O=C(c1ccn(-c2ccccc2F)n1)N1CCCCC1c1n[nH]c(=O)[nH]1.